The molecule has 21 heavy (non-hydrogen) atoms. The van der Waals surface area contributed by atoms with Gasteiger partial charge in [-0.05, 0) is 48.6 Å². The molecule has 1 atom stereocenters. The highest BCUT2D eigenvalue weighted by atomic mass is 19.2. The molecule has 0 spiro atoms. The number of hydrogen-bond acceptors (Lipinski definition) is 2. The van der Waals surface area contributed by atoms with Crippen LogP contribution in [0.15, 0.2) is 36.4 Å². The first-order valence-corrected chi connectivity index (χ1v) is 7.02. The van der Waals surface area contributed by atoms with Crippen LogP contribution in [0.3, 0.4) is 0 Å². The lowest BCUT2D eigenvalue weighted by atomic mass is 9.89. The summed E-state index contributed by atoms with van der Waals surface area (Å²) >= 11 is 0. The molecule has 1 aliphatic carbocycles. The highest BCUT2D eigenvalue weighted by Gasteiger charge is 2.18. The molecule has 0 heterocycles. The number of benzene rings is 2. The van der Waals surface area contributed by atoms with Gasteiger partial charge in [0.25, 0.3) is 0 Å². The molecule has 2 nitrogen and oxygen atoms in total. The number of halogens is 2. The Labute approximate surface area is 122 Å². The quantitative estimate of drug-likeness (QED) is 0.928. The summed E-state index contributed by atoms with van der Waals surface area (Å²) in [6.07, 6.45) is 2.20. The fourth-order valence-electron chi connectivity index (χ4n) is 2.66. The third-order valence-corrected chi connectivity index (χ3v) is 3.83. The molecule has 0 saturated heterocycles. The second-order valence-corrected chi connectivity index (χ2v) is 5.27. The van der Waals surface area contributed by atoms with E-state index in [1.165, 1.54) is 12.1 Å². The number of hydrogen-bond donors (Lipinski definition) is 1. The number of aryl methyl sites for hydroxylation is 1. The van der Waals surface area contributed by atoms with Crippen LogP contribution in [0.25, 0.3) is 0 Å². The van der Waals surface area contributed by atoms with E-state index in [9.17, 15) is 13.9 Å². The van der Waals surface area contributed by atoms with E-state index < -0.39 is 17.7 Å². The lowest BCUT2D eigenvalue weighted by Gasteiger charge is -2.22. The predicted molar refractivity (Wildman–Crippen MR) is 75.0 cm³/mol. The summed E-state index contributed by atoms with van der Waals surface area (Å²) in [5.41, 5.74) is 2.17. The maximum Gasteiger partial charge on any atom is 0.165 e. The summed E-state index contributed by atoms with van der Waals surface area (Å²) in [6.45, 7) is -0.0432. The van der Waals surface area contributed by atoms with E-state index in [2.05, 4.69) is 0 Å². The molecule has 0 aromatic heterocycles. The molecular formula is C17H16F2O2. The van der Waals surface area contributed by atoms with Crippen molar-refractivity contribution < 1.29 is 18.6 Å². The van der Waals surface area contributed by atoms with Crippen molar-refractivity contribution in [3.05, 3.63) is 64.7 Å². The Kier molecular flexibility index (Phi) is 3.88. The first-order valence-electron chi connectivity index (χ1n) is 7.02. The number of rotatable bonds is 3. The number of fused-ring (bicyclic) bond motifs is 1. The molecule has 1 aliphatic rings. The van der Waals surface area contributed by atoms with Gasteiger partial charge in [0.1, 0.15) is 12.4 Å². The fourth-order valence-corrected chi connectivity index (χ4v) is 2.66. The Morgan fingerprint density at radius 3 is 2.90 bits per heavy atom. The van der Waals surface area contributed by atoms with Gasteiger partial charge in [0, 0.05) is 5.56 Å². The minimum atomic E-state index is -0.879. The molecule has 110 valence electrons. The predicted octanol–water partition coefficient (Wildman–Crippen LogP) is 3.91. The van der Waals surface area contributed by atoms with Gasteiger partial charge in [-0.2, -0.15) is 0 Å². The first-order chi connectivity index (χ1) is 10.1. The van der Waals surface area contributed by atoms with Gasteiger partial charge < -0.3 is 9.84 Å². The molecular weight excluding hydrogens is 274 g/mol. The Morgan fingerprint density at radius 2 is 2.05 bits per heavy atom. The van der Waals surface area contributed by atoms with Gasteiger partial charge in [0.15, 0.2) is 11.6 Å². The van der Waals surface area contributed by atoms with E-state index in [0.29, 0.717) is 5.75 Å². The van der Waals surface area contributed by atoms with E-state index in [-0.39, 0.29) is 12.2 Å². The molecule has 3 rings (SSSR count). The molecule has 0 radical (unpaired) electrons. The molecule has 4 heteroatoms. The van der Waals surface area contributed by atoms with Crippen LogP contribution in [0.2, 0.25) is 0 Å². The third kappa shape index (κ3) is 2.90. The van der Waals surface area contributed by atoms with Crippen molar-refractivity contribution in [3.8, 4) is 5.75 Å². The van der Waals surface area contributed by atoms with Crippen molar-refractivity contribution in [1.82, 2.24) is 0 Å². The van der Waals surface area contributed by atoms with Crippen LogP contribution in [-0.4, -0.2) is 5.11 Å². The minimum Gasteiger partial charge on any atom is -0.489 e. The van der Waals surface area contributed by atoms with Gasteiger partial charge in [-0.15, -0.1) is 0 Å². The molecule has 1 N–H and O–H groups in total. The van der Waals surface area contributed by atoms with Crippen LogP contribution in [0.4, 0.5) is 8.78 Å². The highest BCUT2D eigenvalue weighted by Crippen LogP contribution is 2.32. The molecule has 2 aromatic rings. The SMILES string of the molecule is OC1CCCc2ccc(OCc3cccc(F)c3F)cc21. The Hall–Kier alpha value is -1.94. The van der Waals surface area contributed by atoms with E-state index >= 15 is 0 Å². The number of aliphatic hydroxyl groups is 1. The molecule has 0 aliphatic heterocycles. The molecule has 0 amide bonds. The summed E-state index contributed by atoms with van der Waals surface area (Å²) in [5, 5.41) is 9.99. The Bertz CT molecular complexity index is 655. The van der Waals surface area contributed by atoms with Gasteiger partial charge in [-0.1, -0.05) is 18.2 Å². The van der Waals surface area contributed by atoms with Crippen molar-refractivity contribution in [2.75, 3.05) is 0 Å². The zero-order valence-electron chi connectivity index (χ0n) is 11.5. The van der Waals surface area contributed by atoms with Crippen molar-refractivity contribution in [2.24, 2.45) is 0 Å². The van der Waals surface area contributed by atoms with Crippen molar-refractivity contribution in [2.45, 2.75) is 32.0 Å². The standard InChI is InChI=1S/C17H16F2O2/c18-15-5-1-4-12(17(15)19)10-21-13-8-7-11-3-2-6-16(20)14(11)9-13/h1,4-5,7-9,16,20H,2-3,6,10H2. The zero-order chi connectivity index (χ0) is 14.8. The average Bonchev–Trinajstić information content (AvgIpc) is 2.49. The lowest BCUT2D eigenvalue weighted by molar-refractivity contribution is 0.156. The van der Waals surface area contributed by atoms with E-state index in [4.69, 9.17) is 4.74 Å². The van der Waals surface area contributed by atoms with Crippen LogP contribution in [-0.2, 0) is 13.0 Å². The largest absolute Gasteiger partial charge is 0.489 e. The molecule has 0 bridgehead atoms. The maximum absolute atomic E-state index is 13.5. The van der Waals surface area contributed by atoms with Crippen molar-refractivity contribution in [1.29, 1.82) is 0 Å². The first kappa shape index (κ1) is 14.0. The normalized spacial score (nSPS) is 17.4. The van der Waals surface area contributed by atoms with Gasteiger partial charge in [-0.25, -0.2) is 8.78 Å². The maximum atomic E-state index is 13.5. The Morgan fingerprint density at radius 1 is 1.19 bits per heavy atom. The molecule has 1 unspecified atom stereocenters. The minimum absolute atomic E-state index is 0.0432. The van der Waals surface area contributed by atoms with E-state index in [1.54, 1.807) is 12.1 Å². The summed E-state index contributed by atoms with van der Waals surface area (Å²) in [7, 11) is 0. The van der Waals surface area contributed by atoms with Gasteiger partial charge >= 0.3 is 0 Å². The topological polar surface area (TPSA) is 29.5 Å². The van der Waals surface area contributed by atoms with Crippen LogP contribution in [0, 0.1) is 11.6 Å². The highest BCUT2D eigenvalue weighted by molar-refractivity contribution is 5.38. The van der Waals surface area contributed by atoms with Crippen molar-refractivity contribution >= 4 is 0 Å². The summed E-state index contributed by atoms with van der Waals surface area (Å²) in [4.78, 5) is 0. The zero-order valence-corrected chi connectivity index (χ0v) is 11.5. The third-order valence-electron chi connectivity index (χ3n) is 3.83. The average molecular weight is 290 g/mol. The van der Waals surface area contributed by atoms with E-state index in [1.807, 2.05) is 6.07 Å². The van der Waals surface area contributed by atoms with Gasteiger partial charge in [0.05, 0.1) is 6.10 Å². The van der Waals surface area contributed by atoms with Gasteiger partial charge in [-0.3, -0.25) is 0 Å². The van der Waals surface area contributed by atoms with Gasteiger partial charge in [0.2, 0.25) is 0 Å². The van der Waals surface area contributed by atoms with Crippen molar-refractivity contribution in [3.63, 3.8) is 0 Å². The smallest absolute Gasteiger partial charge is 0.165 e. The summed E-state index contributed by atoms with van der Waals surface area (Å²) in [6, 6.07) is 9.53. The number of aliphatic hydroxyl groups excluding tert-OH is 1. The summed E-state index contributed by atoms with van der Waals surface area (Å²) in [5.74, 6) is -1.20. The van der Waals surface area contributed by atoms with Crippen LogP contribution in [0.5, 0.6) is 5.75 Å². The molecule has 0 fully saturated rings. The molecule has 0 saturated carbocycles. The Balaban J connectivity index is 1.77. The monoisotopic (exact) mass is 290 g/mol. The van der Waals surface area contributed by atoms with Crippen LogP contribution in [0.1, 0.15) is 35.6 Å². The summed E-state index contributed by atoms with van der Waals surface area (Å²) < 4.78 is 32.2. The second kappa shape index (κ2) is 5.82. The van der Waals surface area contributed by atoms with E-state index in [0.717, 1.165) is 36.5 Å². The molecule has 2 aromatic carbocycles. The lowest BCUT2D eigenvalue weighted by Crippen LogP contribution is -2.09. The van der Waals surface area contributed by atoms with Crippen LogP contribution >= 0.6 is 0 Å². The second-order valence-electron chi connectivity index (χ2n) is 5.27. The van der Waals surface area contributed by atoms with Crippen LogP contribution < -0.4 is 4.74 Å². The fraction of sp³-hybridized carbons (Fsp3) is 0.294. The number of ether oxygens (including phenoxy) is 1.